The molecule has 10 aromatic rings. The molecule has 60 heavy (non-hydrogen) atoms. The Morgan fingerprint density at radius 2 is 0.783 bits per heavy atom. The highest BCUT2D eigenvalue weighted by atomic mass is 15.2. The predicted molar refractivity (Wildman–Crippen MR) is 259 cm³/mol. The van der Waals surface area contributed by atoms with E-state index in [-0.39, 0.29) is 13.4 Å². The van der Waals surface area contributed by atoms with Crippen molar-refractivity contribution in [2.45, 2.75) is 27.7 Å². The van der Waals surface area contributed by atoms with E-state index in [1.54, 1.807) is 0 Å². The Labute approximate surface area is 353 Å². The Bertz CT molecular complexity index is 3430. The summed E-state index contributed by atoms with van der Waals surface area (Å²) >= 11 is 0. The maximum atomic E-state index is 10.0. The van der Waals surface area contributed by atoms with Crippen LogP contribution in [0.15, 0.2) is 158 Å². The van der Waals surface area contributed by atoms with E-state index in [1.807, 2.05) is 0 Å². The maximum absolute atomic E-state index is 10.0. The van der Waals surface area contributed by atoms with Crippen molar-refractivity contribution in [1.29, 1.82) is 0 Å². The summed E-state index contributed by atoms with van der Waals surface area (Å²) in [6.45, 7) is 8.71. The van der Waals surface area contributed by atoms with Crippen molar-refractivity contribution in [3.8, 4) is 22.3 Å². The monoisotopic (exact) mass is 762 g/mol. The topological polar surface area (TPSA) is 6.48 Å². The number of fused-ring (bicyclic) bond motifs is 8. The number of nitrogens with zero attached hydrogens (tertiary/aromatic N) is 2. The second kappa shape index (κ2) is 11.4. The van der Waals surface area contributed by atoms with E-state index in [2.05, 4.69) is 183 Å². The summed E-state index contributed by atoms with van der Waals surface area (Å²) in [6, 6.07) is 54.9. The number of rotatable bonds is 2. The SMILES string of the molecule is [2H]c1cc2c3c(cc4c([2H])cc5c6c(cc1c3c46)B1c3ccc(C)cc3N(c3ccccc3)c3cc(C)cc-5c31)B1c3ccc(C)cc3N(c3ccccc3)c3cc(C)cc-2c31. The Balaban J connectivity index is 1.14. The first-order valence-corrected chi connectivity index (χ1v) is 21.2. The lowest BCUT2D eigenvalue weighted by molar-refractivity contribution is 1.27. The van der Waals surface area contributed by atoms with Gasteiger partial charge < -0.3 is 9.80 Å². The largest absolute Gasteiger partial charge is 0.311 e. The van der Waals surface area contributed by atoms with Gasteiger partial charge in [-0.2, -0.15) is 0 Å². The molecule has 0 aromatic heterocycles. The van der Waals surface area contributed by atoms with E-state index in [9.17, 15) is 2.74 Å². The van der Waals surface area contributed by atoms with Crippen molar-refractivity contribution in [3.63, 3.8) is 0 Å². The molecule has 4 heterocycles. The number of benzene rings is 10. The Morgan fingerprint density at radius 3 is 1.22 bits per heavy atom. The highest BCUT2D eigenvalue weighted by Crippen LogP contribution is 2.48. The molecule has 0 bridgehead atoms. The minimum absolute atomic E-state index is 0.0401. The highest BCUT2D eigenvalue weighted by Gasteiger charge is 2.44. The van der Waals surface area contributed by atoms with E-state index in [0.717, 1.165) is 44.0 Å². The van der Waals surface area contributed by atoms with Gasteiger partial charge in [0.25, 0.3) is 0 Å². The van der Waals surface area contributed by atoms with Crippen LogP contribution in [0.3, 0.4) is 0 Å². The quantitative estimate of drug-likeness (QED) is 0.128. The highest BCUT2D eigenvalue weighted by molar-refractivity contribution is 7.02. The van der Waals surface area contributed by atoms with Crippen molar-refractivity contribution < 1.29 is 2.74 Å². The van der Waals surface area contributed by atoms with Gasteiger partial charge in [0.1, 0.15) is 0 Å². The van der Waals surface area contributed by atoms with Crippen LogP contribution in [-0.4, -0.2) is 13.4 Å². The molecule has 2 nitrogen and oxygen atoms in total. The molecule has 0 N–H and O–H groups in total. The molecular weight excluding hydrogens is 722 g/mol. The molecule has 0 radical (unpaired) electrons. The number of para-hydroxylation sites is 2. The molecule has 0 spiro atoms. The minimum Gasteiger partial charge on any atom is -0.311 e. The molecule has 0 saturated carbocycles. The molecule has 0 fully saturated rings. The smallest absolute Gasteiger partial charge is 0.248 e. The third-order valence-electron chi connectivity index (χ3n) is 14.1. The lowest BCUT2D eigenvalue weighted by atomic mass is 9.31. The molecule has 0 saturated heterocycles. The van der Waals surface area contributed by atoms with Crippen LogP contribution in [0.2, 0.25) is 0 Å². The third kappa shape index (κ3) is 4.06. The molecule has 14 rings (SSSR count). The standard InChI is InChI=1S/C56H38B2N2/c1-31-15-21-43-47(25-31)59(37-11-7-5-8-12-37)49-27-33(3)23-41-39-19-18-36-30-46-54-40(20-17-35-29-45(57(43)55(41)49)53(39)51(36)52(35)54)42-24-34(4)28-50-56(42)58(46)44-22-16-32(2)26-48(44)60(50)38-13-9-6-10-14-38/h5-30H,1-4H3/i17D,18D. The zero-order valence-corrected chi connectivity index (χ0v) is 33.9. The van der Waals surface area contributed by atoms with Gasteiger partial charge in [-0.15, -0.1) is 0 Å². The van der Waals surface area contributed by atoms with Crippen LogP contribution in [-0.2, 0) is 0 Å². The lowest BCUT2D eigenvalue weighted by Gasteiger charge is -2.42. The van der Waals surface area contributed by atoms with E-state index in [4.69, 9.17) is 0 Å². The minimum atomic E-state index is -0.0401. The molecule has 4 aliphatic rings. The molecule has 4 heteroatoms. The van der Waals surface area contributed by atoms with Crippen LogP contribution < -0.4 is 42.6 Å². The predicted octanol–water partition coefficient (Wildman–Crippen LogP) is 10.4. The summed E-state index contributed by atoms with van der Waals surface area (Å²) in [6.07, 6.45) is 0. The number of hydrogen-bond donors (Lipinski definition) is 0. The van der Waals surface area contributed by atoms with E-state index in [1.165, 1.54) is 99.7 Å². The zero-order chi connectivity index (χ0) is 41.4. The van der Waals surface area contributed by atoms with Gasteiger partial charge in [0.15, 0.2) is 0 Å². The second-order valence-electron chi connectivity index (χ2n) is 17.8. The zero-order valence-electron chi connectivity index (χ0n) is 35.9. The van der Waals surface area contributed by atoms with Gasteiger partial charge >= 0.3 is 0 Å². The van der Waals surface area contributed by atoms with Gasteiger partial charge in [-0.25, -0.2) is 0 Å². The van der Waals surface area contributed by atoms with Crippen LogP contribution in [0.1, 0.15) is 25.0 Å². The summed E-state index contributed by atoms with van der Waals surface area (Å²) < 4.78 is 20.0. The van der Waals surface area contributed by atoms with Gasteiger partial charge in [0.05, 0.1) is 2.74 Å². The Morgan fingerprint density at radius 1 is 0.367 bits per heavy atom. The maximum Gasteiger partial charge on any atom is 0.248 e. The molecule has 10 aromatic carbocycles. The van der Waals surface area contributed by atoms with Crippen LogP contribution in [0.5, 0.6) is 0 Å². The Kier molecular flexibility index (Phi) is 5.87. The van der Waals surface area contributed by atoms with E-state index < -0.39 is 0 Å². The van der Waals surface area contributed by atoms with Crippen LogP contribution in [0.4, 0.5) is 34.1 Å². The molecule has 0 amide bonds. The molecule has 0 atom stereocenters. The molecular formula is C56H38B2N2. The van der Waals surface area contributed by atoms with Crippen molar-refractivity contribution >= 4 is 113 Å². The van der Waals surface area contributed by atoms with Gasteiger partial charge in [0, 0.05) is 34.1 Å². The number of hydrogen-bond acceptors (Lipinski definition) is 2. The molecule has 278 valence electrons. The first kappa shape index (κ1) is 31.0. The van der Waals surface area contributed by atoms with Crippen molar-refractivity contribution in [1.82, 2.24) is 0 Å². The summed E-state index contributed by atoms with van der Waals surface area (Å²) in [5, 5.41) is 6.64. The van der Waals surface area contributed by atoms with Crippen LogP contribution in [0, 0.1) is 27.7 Å². The fourth-order valence-corrected chi connectivity index (χ4v) is 11.9. The van der Waals surface area contributed by atoms with Gasteiger partial charge in [-0.3, -0.25) is 0 Å². The Hall–Kier alpha value is -7.03. The number of aryl methyl sites for hydroxylation is 4. The molecule has 0 unspecified atom stereocenters. The summed E-state index contributed by atoms with van der Waals surface area (Å²) in [5.74, 6) is 0. The molecule has 0 aliphatic carbocycles. The summed E-state index contributed by atoms with van der Waals surface area (Å²) in [4.78, 5) is 4.90. The number of anilines is 6. The van der Waals surface area contributed by atoms with Crippen molar-refractivity contribution in [2.24, 2.45) is 0 Å². The van der Waals surface area contributed by atoms with Gasteiger partial charge in [-0.1, -0.05) is 120 Å². The normalized spacial score (nSPS) is 14.3. The lowest BCUT2D eigenvalue weighted by Crippen LogP contribution is -2.60. The molecule has 4 aliphatic heterocycles. The van der Waals surface area contributed by atoms with Crippen molar-refractivity contribution in [2.75, 3.05) is 9.80 Å². The van der Waals surface area contributed by atoms with E-state index >= 15 is 0 Å². The fraction of sp³-hybridized carbons (Fsp3) is 0.0714. The summed E-state index contributed by atoms with van der Waals surface area (Å²) in [5.41, 5.74) is 24.1. The van der Waals surface area contributed by atoms with Crippen LogP contribution >= 0.6 is 0 Å². The second-order valence-corrected chi connectivity index (χ2v) is 17.8. The fourth-order valence-electron chi connectivity index (χ4n) is 11.9. The van der Waals surface area contributed by atoms with Gasteiger partial charge in [0.2, 0.25) is 13.4 Å². The average Bonchev–Trinajstić information content (AvgIpc) is 3.27. The van der Waals surface area contributed by atoms with Gasteiger partial charge in [-0.05, 0) is 175 Å². The average molecular weight is 763 g/mol. The first-order chi connectivity index (χ1) is 30.2. The third-order valence-corrected chi connectivity index (χ3v) is 14.1. The van der Waals surface area contributed by atoms with Crippen molar-refractivity contribution in [3.05, 3.63) is 180 Å². The first-order valence-electron chi connectivity index (χ1n) is 22.2. The summed E-state index contributed by atoms with van der Waals surface area (Å²) in [7, 11) is 0. The van der Waals surface area contributed by atoms with E-state index in [0.29, 0.717) is 12.1 Å². The van der Waals surface area contributed by atoms with Crippen LogP contribution in [0.25, 0.3) is 54.6 Å².